The smallest absolute Gasteiger partial charge is 0.266 e. The van der Waals surface area contributed by atoms with E-state index in [1.807, 2.05) is 0 Å². The lowest BCUT2D eigenvalue weighted by molar-refractivity contribution is -0.136. The highest BCUT2D eigenvalue weighted by Crippen LogP contribution is 2.32. The Hall–Kier alpha value is -1.68. The number of β-amino-alcohol motifs (C(OH)–C–C–N with tert-alkyl or cyclic N) is 1. The van der Waals surface area contributed by atoms with Gasteiger partial charge in [0.1, 0.15) is 16.6 Å². The van der Waals surface area contributed by atoms with Crippen LogP contribution < -0.4 is 0 Å². The molecule has 0 radical (unpaired) electrons. The van der Waals surface area contributed by atoms with Gasteiger partial charge in [0, 0.05) is 38.8 Å². The summed E-state index contributed by atoms with van der Waals surface area (Å²) in [4.78, 5) is 30.6. The van der Waals surface area contributed by atoms with Gasteiger partial charge in [0.25, 0.3) is 5.91 Å². The fourth-order valence-electron chi connectivity index (χ4n) is 2.74. The molecule has 0 unspecified atom stereocenters. The maximum Gasteiger partial charge on any atom is 0.266 e. The van der Waals surface area contributed by atoms with Gasteiger partial charge in [-0.05, 0) is 12.1 Å². The molecule has 2 amide bonds. The third kappa shape index (κ3) is 4.30. The Bertz CT molecular complexity index is 682. The van der Waals surface area contributed by atoms with Crippen LogP contribution in [0.5, 0.6) is 0 Å². The van der Waals surface area contributed by atoms with Gasteiger partial charge in [0.15, 0.2) is 0 Å². The minimum absolute atomic E-state index is 0.0415. The van der Waals surface area contributed by atoms with Gasteiger partial charge in [-0.1, -0.05) is 24.0 Å². The quantitative estimate of drug-likeness (QED) is 0.592. The minimum Gasteiger partial charge on any atom is -0.465 e. The highest BCUT2D eigenvalue weighted by atomic mass is 32.2. The molecule has 1 aromatic heterocycles. The third-order valence-electron chi connectivity index (χ3n) is 4.12. The molecule has 0 aliphatic carbocycles. The van der Waals surface area contributed by atoms with Crippen molar-refractivity contribution in [3.8, 4) is 0 Å². The SMILES string of the molecule is O=C(CN1C(=O)/C(=C/c2ccco2)SC1=S)N1CCN(CCO)CC1. The molecule has 0 saturated carbocycles. The predicted molar refractivity (Wildman–Crippen MR) is 98.7 cm³/mol. The Balaban J connectivity index is 1.58. The van der Waals surface area contributed by atoms with Crippen molar-refractivity contribution in [3.63, 3.8) is 0 Å². The number of carbonyl (C=O) groups is 2. The van der Waals surface area contributed by atoms with E-state index < -0.39 is 0 Å². The van der Waals surface area contributed by atoms with Crippen LogP contribution in [0.15, 0.2) is 27.7 Å². The lowest BCUT2D eigenvalue weighted by atomic mass is 10.3. The summed E-state index contributed by atoms with van der Waals surface area (Å²) in [5.74, 6) is 0.199. The van der Waals surface area contributed by atoms with E-state index in [2.05, 4.69) is 4.90 Å². The molecule has 1 N–H and O–H groups in total. The van der Waals surface area contributed by atoms with Crippen molar-refractivity contribution in [2.45, 2.75) is 0 Å². The van der Waals surface area contributed by atoms with Crippen molar-refractivity contribution >= 4 is 46.2 Å². The lowest BCUT2D eigenvalue weighted by Gasteiger charge is -2.35. The summed E-state index contributed by atoms with van der Waals surface area (Å²) in [6.45, 7) is 3.33. The van der Waals surface area contributed by atoms with Crippen LogP contribution in [0.1, 0.15) is 5.76 Å². The molecule has 0 aromatic carbocycles. The molecule has 2 aliphatic heterocycles. The second-order valence-corrected chi connectivity index (χ2v) is 7.41. The number of furan rings is 1. The van der Waals surface area contributed by atoms with Gasteiger partial charge in [-0.2, -0.15) is 0 Å². The number of nitrogens with zero attached hydrogens (tertiary/aromatic N) is 3. The average molecular weight is 381 g/mol. The Morgan fingerprint density at radius 2 is 2.12 bits per heavy atom. The Labute approximate surface area is 155 Å². The molecule has 0 atom stereocenters. The molecular formula is C16H19N3O4S2. The fourth-order valence-corrected chi connectivity index (χ4v) is 3.97. The maximum absolute atomic E-state index is 12.5. The number of aliphatic hydroxyl groups is 1. The van der Waals surface area contributed by atoms with Crippen LogP contribution in [0.25, 0.3) is 6.08 Å². The largest absolute Gasteiger partial charge is 0.465 e. The molecule has 0 bridgehead atoms. The molecule has 3 rings (SSSR count). The minimum atomic E-state index is -0.265. The molecule has 3 heterocycles. The number of amides is 2. The van der Waals surface area contributed by atoms with Gasteiger partial charge in [-0.3, -0.25) is 19.4 Å². The van der Waals surface area contributed by atoms with Gasteiger partial charge in [-0.15, -0.1) is 0 Å². The zero-order valence-corrected chi connectivity index (χ0v) is 15.2. The van der Waals surface area contributed by atoms with E-state index in [0.717, 1.165) is 13.1 Å². The molecular weight excluding hydrogens is 362 g/mol. The van der Waals surface area contributed by atoms with Crippen molar-refractivity contribution in [2.75, 3.05) is 45.9 Å². The zero-order valence-electron chi connectivity index (χ0n) is 13.6. The summed E-state index contributed by atoms with van der Waals surface area (Å²) in [5, 5.41) is 8.96. The molecule has 2 fully saturated rings. The van der Waals surface area contributed by atoms with Crippen LogP contribution in [0.4, 0.5) is 0 Å². The summed E-state index contributed by atoms with van der Waals surface area (Å²) < 4.78 is 5.60. The monoisotopic (exact) mass is 381 g/mol. The molecule has 2 saturated heterocycles. The molecule has 1 aromatic rings. The number of carbonyl (C=O) groups excluding carboxylic acids is 2. The first-order valence-corrected chi connectivity index (χ1v) is 9.21. The number of aliphatic hydroxyl groups excluding tert-OH is 1. The first-order valence-electron chi connectivity index (χ1n) is 7.98. The molecule has 0 spiro atoms. The van der Waals surface area contributed by atoms with Gasteiger partial charge < -0.3 is 14.4 Å². The zero-order chi connectivity index (χ0) is 17.8. The van der Waals surface area contributed by atoms with Crippen LogP contribution in [-0.4, -0.2) is 81.8 Å². The molecule has 9 heteroatoms. The number of thiocarbonyl (C=S) groups is 1. The first kappa shape index (κ1) is 18.1. The normalized spacial score (nSPS) is 20.8. The van der Waals surface area contributed by atoms with Crippen LogP contribution in [0.2, 0.25) is 0 Å². The van der Waals surface area contributed by atoms with E-state index in [4.69, 9.17) is 21.7 Å². The number of piperazine rings is 1. The Morgan fingerprint density at radius 3 is 2.76 bits per heavy atom. The standard InChI is InChI=1S/C16H19N3O4S2/c20-8-7-17-3-5-18(6-4-17)14(21)11-19-15(22)13(25-16(19)24)10-12-2-1-9-23-12/h1-2,9-10,20H,3-8,11H2/b13-10-. The molecule has 134 valence electrons. The topological polar surface area (TPSA) is 77.2 Å². The average Bonchev–Trinajstić information content (AvgIpc) is 3.20. The Morgan fingerprint density at radius 1 is 1.36 bits per heavy atom. The van der Waals surface area contributed by atoms with Crippen molar-refractivity contribution in [1.82, 2.24) is 14.7 Å². The second kappa shape index (κ2) is 8.13. The number of rotatable bonds is 5. The van der Waals surface area contributed by atoms with E-state index in [-0.39, 0.29) is 25.0 Å². The lowest BCUT2D eigenvalue weighted by Crippen LogP contribution is -2.52. The summed E-state index contributed by atoms with van der Waals surface area (Å²) >= 11 is 6.43. The van der Waals surface area contributed by atoms with Crippen LogP contribution in [0, 0.1) is 0 Å². The van der Waals surface area contributed by atoms with Crippen LogP contribution in [0.3, 0.4) is 0 Å². The van der Waals surface area contributed by atoms with Gasteiger partial charge in [0.2, 0.25) is 5.91 Å². The Kier molecular flexibility index (Phi) is 5.89. The maximum atomic E-state index is 12.5. The second-order valence-electron chi connectivity index (χ2n) is 5.73. The van der Waals surface area contributed by atoms with Crippen molar-refractivity contribution in [1.29, 1.82) is 0 Å². The summed E-state index contributed by atoms with van der Waals surface area (Å²) in [6.07, 6.45) is 3.17. The predicted octanol–water partition coefficient (Wildman–Crippen LogP) is 0.617. The van der Waals surface area contributed by atoms with E-state index in [0.29, 0.717) is 34.6 Å². The summed E-state index contributed by atoms with van der Waals surface area (Å²) in [5.41, 5.74) is 0. The van der Waals surface area contributed by atoms with Gasteiger partial charge in [-0.25, -0.2) is 0 Å². The summed E-state index contributed by atoms with van der Waals surface area (Å²) in [6, 6.07) is 3.50. The number of hydrogen-bond donors (Lipinski definition) is 1. The van der Waals surface area contributed by atoms with Gasteiger partial charge in [0.05, 0.1) is 17.8 Å². The molecule has 7 nitrogen and oxygen atoms in total. The van der Waals surface area contributed by atoms with Crippen molar-refractivity contribution in [2.24, 2.45) is 0 Å². The highest BCUT2D eigenvalue weighted by Gasteiger charge is 2.35. The van der Waals surface area contributed by atoms with Crippen molar-refractivity contribution in [3.05, 3.63) is 29.1 Å². The van der Waals surface area contributed by atoms with E-state index in [9.17, 15) is 9.59 Å². The van der Waals surface area contributed by atoms with Crippen LogP contribution >= 0.6 is 24.0 Å². The molecule has 2 aliphatic rings. The van der Waals surface area contributed by atoms with Crippen molar-refractivity contribution < 1.29 is 19.1 Å². The number of hydrogen-bond acceptors (Lipinski definition) is 7. The van der Waals surface area contributed by atoms with E-state index in [1.165, 1.54) is 22.9 Å². The third-order valence-corrected chi connectivity index (χ3v) is 5.50. The number of thioether (sulfide) groups is 1. The van der Waals surface area contributed by atoms with E-state index in [1.54, 1.807) is 23.1 Å². The van der Waals surface area contributed by atoms with E-state index >= 15 is 0 Å². The fraction of sp³-hybridized carbons (Fsp3) is 0.438. The summed E-state index contributed by atoms with van der Waals surface area (Å²) in [7, 11) is 0. The highest BCUT2D eigenvalue weighted by molar-refractivity contribution is 8.26. The molecule has 25 heavy (non-hydrogen) atoms. The van der Waals surface area contributed by atoms with Crippen LogP contribution in [-0.2, 0) is 9.59 Å². The van der Waals surface area contributed by atoms with Gasteiger partial charge >= 0.3 is 0 Å². The first-order chi connectivity index (χ1) is 12.1.